The van der Waals surface area contributed by atoms with E-state index in [1.807, 2.05) is 19.1 Å². The summed E-state index contributed by atoms with van der Waals surface area (Å²) in [6.45, 7) is 4.45. The molecule has 6 nitrogen and oxygen atoms in total. The number of carbonyl (C=O) groups is 2. The van der Waals surface area contributed by atoms with Crippen molar-refractivity contribution in [2.24, 2.45) is 0 Å². The van der Waals surface area contributed by atoms with Gasteiger partial charge in [0.15, 0.2) is 15.8 Å². The third kappa shape index (κ3) is 4.66. The number of anilines is 1. The van der Waals surface area contributed by atoms with Crippen LogP contribution in [0.1, 0.15) is 29.8 Å². The Morgan fingerprint density at radius 3 is 2.47 bits per heavy atom. The minimum Gasteiger partial charge on any atom is -0.493 e. The zero-order valence-corrected chi connectivity index (χ0v) is 18.5. The average molecular weight is 444 g/mol. The lowest BCUT2D eigenvalue weighted by Crippen LogP contribution is -2.27. The summed E-state index contributed by atoms with van der Waals surface area (Å²) in [6, 6.07) is 12.1. The molecule has 1 amide bonds. The van der Waals surface area contributed by atoms with Crippen molar-refractivity contribution in [3.63, 3.8) is 0 Å². The maximum atomic E-state index is 13.0. The Labute approximate surface area is 184 Å². The molecule has 0 radical (unpaired) electrons. The summed E-state index contributed by atoms with van der Waals surface area (Å²) in [5.74, 6) is 0.614. The molecule has 0 N–H and O–H groups in total. The lowest BCUT2D eigenvalue weighted by Gasteiger charge is -2.14. The van der Waals surface area contributed by atoms with Gasteiger partial charge in [-0.25, -0.2) is 4.79 Å². The van der Waals surface area contributed by atoms with Crippen molar-refractivity contribution < 1.29 is 23.8 Å². The fourth-order valence-electron chi connectivity index (χ4n) is 2.85. The molecule has 0 aliphatic carbocycles. The van der Waals surface area contributed by atoms with Crippen molar-refractivity contribution in [3.05, 3.63) is 58.5 Å². The van der Waals surface area contributed by atoms with Gasteiger partial charge in [-0.2, -0.15) is 0 Å². The maximum Gasteiger partial charge on any atom is 0.338 e. The van der Waals surface area contributed by atoms with Gasteiger partial charge in [0.1, 0.15) is 0 Å². The number of esters is 1. The van der Waals surface area contributed by atoms with Crippen LogP contribution in [0.25, 0.3) is 6.08 Å². The number of nitrogens with zero attached hydrogens (tertiary/aromatic N) is 1. The van der Waals surface area contributed by atoms with Crippen LogP contribution in [0.3, 0.4) is 0 Å². The molecular formula is C22H21NO5S2. The molecule has 2 aromatic carbocycles. The smallest absolute Gasteiger partial charge is 0.338 e. The molecule has 0 aromatic heterocycles. The summed E-state index contributed by atoms with van der Waals surface area (Å²) in [6.07, 6.45) is 1.77. The third-order valence-corrected chi connectivity index (χ3v) is 5.52. The number of hydrogen-bond acceptors (Lipinski definition) is 7. The minimum absolute atomic E-state index is 0.220. The number of benzene rings is 2. The fraction of sp³-hybridized carbons (Fsp3) is 0.227. The molecule has 1 aliphatic heterocycles. The highest BCUT2D eigenvalue weighted by Crippen LogP contribution is 2.37. The van der Waals surface area contributed by atoms with Crippen LogP contribution in [-0.4, -0.2) is 36.5 Å². The van der Waals surface area contributed by atoms with Gasteiger partial charge in [-0.3, -0.25) is 9.69 Å². The van der Waals surface area contributed by atoms with E-state index in [1.165, 1.54) is 16.7 Å². The van der Waals surface area contributed by atoms with E-state index >= 15 is 0 Å². The van der Waals surface area contributed by atoms with Crippen molar-refractivity contribution in [3.8, 4) is 11.5 Å². The first kappa shape index (κ1) is 21.9. The van der Waals surface area contributed by atoms with E-state index in [0.717, 1.165) is 5.56 Å². The number of methoxy groups -OCH3 is 1. The second kappa shape index (κ2) is 9.77. The highest BCUT2D eigenvalue weighted by atomic mass is 32.2. The van der Waals surface area contributed by atoms with E-state index in [2.05, 4.69) is 0 Å². The molecule has 1 fully saturated rings. The first-order valence-corrected chi connectivity index (χ1v) is 10.6. The molecule has 1 heterocycles. The molecule has 30 heavy (non-hydrogen) atoms. The van der Waals surface area contributed by atoms with E-state index in [-0.39, 0.29) is 5.91 Å². The summed E-state index contributed by atoms with van der Waals surface area (Å²) < 4.78 is 16.3. The first-order valence-electron chi connectivity index (χ1n) is 9.34. The second-order valence-corrected chi connectivity index (χ2v) is 7.80. The van der Waals surface area contributed by atoms with Crippen molar-refractivity contribution in [2.75, 3.05) is 25.2 Å². The summed E-state index contributed by atoms with van der Waals surface area (Å²) >= 11 is 6.64. The van der Waals surface area contributed by atoms with Gasteiger partial charge >= 0.3 is 5.97 Å². The molecule has 8 heteroatoms. The van der Waals surface area contributed by atoms with Gasteiger partial charge in [-0.1, -0.05) is 30.0 Å². The van der Waals surface area contributed by atoms with Crippen molar-refractivity contribution in [2.45, 2.75) is 13.8 Å². The summed E-state index contributed by atoms with van der Waals surface area (Å²) in [5.41, 5.74) is 1.82. The van der Waals surface area contributed by atoms with E-state index in [9.17, 15) is 9.59 Å². The van der Waals surface area contributed by atoms with Crippen molar-refractivity contribution in [1.29, 1.82) is 0 Å². The van der Waals surface area contributed by atoms with Gasteiger partial charge in [0.05, 0.1) is 36.5 Å². The SMILES string of the molecule is CCOC(=O)c1ccc(N2C(=O)C(=Cc3ccc(OC)c(OCC)c3)SC2=S)cc1. The molecule has 0 unspecified atom stereocenters. The van der Waals surface area contributed by atoms with E-state index in [1.54, 1.807) is 50.4 Å². The Bertz CT molecular complexity index is 1000. The quantitative estimate of drug-likeness (QED) is 0.350. The Morgan fingerprint density at radius 2 is 1.83 bits per heavy atom. The molecule has 0 saturated carbocycles. The van der Waals surface area contributed by atoms with Gasteiger partial charge in [-0.15, -0.1) is 0 Å². The summed E-state index contributed by atoms with van der Waals surface area (Å²) in [7, 11) is 1.58. The average Bonchev–Trinajstić information content (AvgIpc) is 3.02. The fourth-order valence-corrected chi connectivity index (χ4v) is 4.15. The predicted octanol–water partition coefficient (Wildman–Crippen LogP) is 4.68. The first-order chi connectivity index (χ1) is 14.5. The molecule has 156 valence electrons. The highest BCUT2D eigenvalue weighted by molar-refractivity contribution is 8.27. The Balaban J connectivity index is 1.84. The highest BCUT2D eigenvalue weighted by Gasteiger charge is 2.33. The minimum atomic E-state index is -0.404. The molecule has 1 aliphatic rings. The van der Waals surface area contributed by atoms with Crippen LogP contribution in [0.5, 0.6) is 11.5 Å². The maximum absolute atomic E-state index is 13.0. The Kier molecular flexibility index (Phi) is 7.12. The number of carbonyl (C=O) groups excluding carboxylic acids is 2. The van der Waals surface area contributed by atoms with Gasteiger partial charge < -0.3 is 14.2 Å². The predicted molar refractivity (Wildman–Crippen MR) is 122 cm³/mol. The molecule has 3 rings (SSSR count). The van der Waals surface area contributed by atoms with Gasteiger partial charge in [-0.05, 0) is 61.9 Å². The van der Waals surface area contributed by atoms with Crippen LogP contribution in [0.2, 0.25) is 0 Å². The number of rotatable bonds is 7. The summed E-state index contributed by atoms with van der Waals surface area (Å²) in [4.78, 5) is 26.8. The van der Waals surface area contributed by atoms with E-state index in [4.69, 9.17) is 26.4 Å². The monoisotopic (exact) mass is 443 g/mol. The van der Waals surface area contributed by atoms with Crippen LogP contribution in [-0.2, 0) is 9.53 Å². The molecule has 0 spiro atoms. The summed E-state index contributed by atoms with van der Waals surface area (Å²) in [5, 5.41) is 0. The Morgan fingerprint density at radius 1 is 1.10 bits per heavy atom. The third-order valence-electron chi connectivity index (χ3n) is 4.22. The lowest BCUT2D eigenvalue weighted by molar-refractivity contribution is -0.113. The van der Waals surface area contributed by atoms with Crippen molar-refractivity contribution >= 4 is 51.9 Å². The number of hydrogen-bond donors (Lipinski definition) is 0. The number of amides is 1. The molecule has 0 atom stereocenters. The van der Waals surface area contributed by atoms with Gasteiger partial charge in [0, 0.05) is 0 Å². The second-order valence-electron chi connectivity index (χ2n) is 6.13. The van der Waals surface area contributed by atoms with Crippen LogP contribution in [0, 0.1) is 0 Å². The number of thiocarbonyl (C=S) groups is 1. The zero-order valence-electron chi connectivity index (χ0n) is 16.8. The largest absolute Gasteiger partial charge is 0.493 e. The molecule has 1 saturated heterocycles. The number of ether oxygens (including phenoxy) is 3. The standard InChI is InChI=1S/C22H21NO5S2/c1-4-27-18-12-14(6-11-17(18)26-3)13-19-20(24)23(22(29)30-19)16-9-7-15(8-10-16)21(25)28-5-2/h6-13H,4-5H2,1-3H3. The van der Waals surface area contributed by atoms with E-state index < -0.39 is 5.97 Å². The zero-order chi connectivity index (χ0) is 21.7. The number of thioether (sulfide) groups is 1. The van der Waals surface area contributed by atoms with E-state index in [0.29, 0.717) is 45.2 Å². The van der Waals surface area contributed by atoms with Crippen LogP contribution in [0.4, 0.5) is 5.69 Å². The molecule has 0 bridgehead atoms. The van der Waals surface area contributed by atoms with Crippen LogP contribution >= 0.6 is 24.0 Å². The molecule has 2 aromatic rings. The van der Waals surface area contributed by atoms with Gasteiger partial charge in [0.25, 0.3) is 5.91 Å². The van der Waals surface area contributed by atoms with Crippen molar-refractivity contribution in [1.82, 2.24) is 0 Å². The topological polar surface area (TPSA) is 65.1 Å². The normalized spacial score (nSPS) is 14.9. The van der Waals surface area contributed by atoms with Gasteiger partial charge in [0.2, 0.25) is 0 Å². The lowest BCUT2D eigenvalue weighted by atomic mass is 10.1. The van der Waals surface area contributed by atoms with Crippen LogP contribution in [0.15, 0.2) is 47.4 Å². The van der Waals surface area contributed by atoms with Crippen LogP contribution < -0.4 is 14.4 Å². The molecular weight excluding hydrogens is 422 g/mol. The Hall–Kier alpha value is -2.84.